The lowest BCUT2D eigenvalue weighted by molar-refractivity contribution is -0.124. The first-order valence-electron chi connectivity index (χ1n) is 7.99. The summed E-state index contributed by atoms with van der Waals surface area (Å²) in [4.78, 5) is 11.9. The summed E-state index contributed by atoms with van der Waals surface area (Å²) >= 11 is 0. The molecule has 0 aliphatic carbocycles. The van der Waals surface area contributed by atoms with Crippen molar-refractivity contribution >= 4 is 5.97 Å². The molecule has 24 heavy (non-hydrogen) atoms. The largest absolute Gasteiger partial charge is 0.459 e. The van der Waals surface area contributed by atoms with Crippen LogP contribution in [0.1, 0.15) is 35.7 Å². The van der Waals surface area contributed by atoms with Crippen LogP contribution in [0.2, 0.25) is 0 Å². The molecule has 0 fully saturated rings. The number of benzene rings is 1. The summed E-state index contributed by atoms with van der Waals surface area (Å²) in [7, 11) is 0. The molecule has 0 aliphatic heterocycles. The number of unbranched alkanes of at least 4 members (excludes halogenated alkanes) is 1. The molecule has 0 heterocycles. The lowest BCUT2D eigenvalue weighted by Crippen LogP contribution is -2.47. The fraction of sp³-hybridized carbons (Fsp3) is 0.588. The lowest BCUT2D eigenvalue weighted by Gasteiger charge is -2.25. The van der Waals surface area contributed by atoms with E-state index in [9.17, 15) is 25.2 Å². The second kappa shape index (κ2) is 10.4. The van der Waals surface area contributed by atoms with E-state index in [2.05, 4.69) is 6.92 Å². The summed E-state index contributed by atoms with van der Waals surface area (Å²) in [6.45, 7) is 0.782. The zero-order chi connectivity index (χ0) is 18.1. The van der Waals surface area contributed by atoms with Crippen LogP contribution >= 0.6 is 0 Å². The number of hydrogen-bond donors (Lipinski definition) is 5. The molecule has 0 aromatic heterocycles. The fourth-order valence-electron chi connectivity index (χ4n) is 2.09. The van der Waals surface area contributed by atoms with Gasteiger partial charge in [0.05, 0.1) is 12.2 Å². The van der Waals surface area contributed by atoms with Gasteiger partial charge in [-0.05, 0) is 30.5 Å². The van der Waals surface area contributed by atoms with Gasteiger partial charge in [0.25, 0.3) is 0 Å². The van der Waals surface area contributed by atoms with Crippen molar-refractivity contribution in [2.24, 2.45) is 0 Å². The maximum Gasteiger partial charge on any atom is 0.338 e. The summed E-state index contributed by atoms with van der Waals surface area (Å²) in [5.74, 6) is -0.666. The van der Waals surface area contributed by atoms with E-state index >= 15 is 0 Å². The van der Waals surface area contributed by atoms with Crippen LogP contribution < -0.4 is 0 Å². The van der Waals surface area contributed by atoms with Crippen molar-refractivity contribution in [1.29, 1.82) is 0 Å². The number of carbonyl (C=O) groups is 1. The van der Waals surface area contributed by atoms with Crippen LogP contribution in [0, 0.1) is 0 Å². The van der Waals surface area contributed by atoms with Gasteiger partial charge in [0.15, 0.2) is 0 Å². The first-order valence-corrected chi connectivity index (χ1v) is 7.99. The normalized spacial score (nSPS) is 16.2. The third-order valence-corrected chi connectivity index (χ3v) is 3.72. The molecule has 0 saturated carbocycles. The molecule has 0 bridgehead atoms. The van der Waals surface area contributed by atoms with Crippen molar-refractivity contribution in [3.63, 3.8) is 0 Å². The molecule has 7 nitrogen and oxygen atoms in total. The molecule has 0 radical (unpaired) electrons. The molecule has 1 aromatic rings. The van der Waals surface area contributed by atoms with Crippen LogP contribution in [-0.2, 0) is 11.2 Å². The topological polar surface area (TPSA) is 127 Å². The van der Waals surface area contributed by atoms with Crippen molar-refractivity contribution in [3.05, 3.63) is 35.4 Å². The molecule has 4 atom stereocenters. The van der Waals surface area contributed by atoms with Gasteiger partial charge < -0.3 is 30.3 Å². The van der Waals surface area contributed by atoms with Crippen molar-refractivity contribution in [1.82, 2.24) is 0 Å². The predicted octanol–water partition coefficient (Wildman–Crippen LogP) is -0.378. The minimum atomic E-state index is -1.75. The average molecular weight is 342 g/mol. The van der Waals surface area contributed by atoms with Gasteiger partial charge in [-0.15, -0.1) is 0 Å². The number of aliphatic hydroxyl groups excluding tert-OH is 5. The van der Waals surface area contributed by atoms with E-state index in [-0.39, 0.29) is 0 Å². The Morgan fingerprint density at radius 3 is 2.17 bits per heavy atom. The molecule has 0 saturated heterocycles. The zero-order valence-corrected chi connectivity index (χ0v) is 13.7. The van der Waals surface area contributed by atoms with Crippen LogP contribution in [0.4, 0.5) is 0 Å². The monoisotopic (exact) mass is 342 g/mol. The number of aliphatic hydroxyl groups is 5. The molecule has 1 aromatic carbocycles. The van der Waals surface area contributed by atoms with Crippen molar-refractivity contribution in [3.8, 4) is 0 Å². The SMILES string of the molecule is CCCCc1ccc(C(=O)OC[C@H](O)[C@@H](O)[C@H](O)[C@H](O)CO)cc1. The Kier molecular flexibility index (Phi) is 8.88. The first-order chi connectivity index (χ1) is 11.4. The maximum absolute atomic E-state index is 11.9. The van der Waals surface area contributed by atoms with Gasteiger partial charge >= 0.3 is 5.97 Å². The van der Waals surface area contributed by atoms with Crippen LogP contribution in [-0.4, -0.2) is 69.1 Å². The van der Waals surface area contributed by atoms with Gasteiger partial charge in [-0.3, -0.25) is 0 Å². The quantitative estimate of drug-likeness (QED) is 0.367. The average Bonchev–Trinajstić information content (AvgIpc) is 2.62. The Morgan fingerprint density at radius 2 is 1.62 bits per heavy atom. The van der Waals surface area contributed by atoms with Crippen molar-refractivity contribution < 1.29 is 35.1 Å². The molecular weight excluding hydrogens is 316 g/mol. The van der Waals surface area contributed by atoms with Gasteiger partial charge in [-0.1, -0.05) is 25.5 Å². The highest BCUT2D eigenvalue weighted by atomic mass is 16.5. The van der Waals surface area contributed by atoms with Gasteiger partial charge in [-0.2, -0.15) is 0 Å². The van der Waals surface area contributed by atoms with E-state index in [0.29, 0.717) is 5.56 Å². The molecule has 0 aliphatic rings. The minimum Gasteiger partial charge on any atom is -0.459 e. The van der Waals surface area contributed by atoms with E-state index < -0.39 is 43.6 Å². The van der Waals surface area contributed by atoms with E-state index in [1.165, 1.54) is 0 Å². The molecule has 0 spiro atoms. The van der Waals surface area contributed by atoms with E-state index in [1.54, 1.807) is 12.1 Å². The van der Waals surface area contributed by atoms with E-state index in [4.69, 9.17) is 9.84 Å². The zero-order valence-electron chi connectivity index (χ0n) is 13.7. The summed E-state index contributed by atoms with van der Waals surface area (Å²) in [5, 5.41) is 46.7. The Labute approximate surface area is 141 Å². The molecule has 1 rings (SSSR count). The van der Waals surface area contributed by atoms with Crippen LogP contribution in [0.15, 0.2) is 24.3 Å². The highest BCUT2D eigenvalue weighted by molar-refractivity contribution is 5.89. The number of rotatable bonds is 10. The van der Waals surface area contributed by atoms with Crippen molar-refractivity contribution in [2.75, 3.05) is 13.2 Å². The van der Waals surface area contributed by atoms with Crippen LogP contribution in [0.25, 0.3) is 0 Å². The number of aryl methyl sites for hydroxylation is 1. The van der Waals surface area contributed by atoms with Crippen LogP contribution in [0.5, 0.6) is 0 Å². The Balaban J connectivity index is 2.50. The number of esters is 1. The molecule has 136 valence electrons. The second-order valence-electron chi connectivity index (χ2n) is 5.70. The minimum absolute atomic E-state index is 0.313. The van der Waals surface area contributed by atoms with Gasteiger partial charge in [0.2, 0.25) is 0 Å². The standard InChI is InChI=1S/C17H26O7/c1-2-3-4-11-5-7-12(8-6-11)17(23)24-10-14(20)16(22)15(21)13(19)9-18/h5-8,13-16,18-22H,2-4,9-10H2,1H3/t13-,14+,15-,16-/m1/s1. The number of carbonyl (C=O) groups excluding carboxylic acids is 1. The Morgan fingerprint density at radius 1 is 1.04 bits per heavy atom. The third kappa shape index (κ3) is 6.18. The summed E-state index contributed by atoms with van der Waals surface area (Å²) in [5.41, 5.74) is 1.43. The predicted molar refractivity (Wildman–Crippen MR) is 86.4 cm³/mol. The maximum atomic E-state index is 11.9. The van der Waals surface area contributed by atoms with E-state index in [0.717, 1.165) is 24.8 Å². The summed E-state index contributed by atoms with van der Waals surface area (Å²) in [6.07, 6.45) is -3.61. The number of ether oxygens (including phenoxy) is 1. The molecule has 7 heteroatoms. The Hall–Kier alpha value is -1.51. The summed E-state index contributed by atoms with van der Waals surface area (Å²) in [6, 6.07) is 6.92. The van der Waals surface area contributed by atoms with Crippen molar-refractivity contribution in [2.45, 2.75) is 50.6 Å². The van der Waals surface area contributed by atoms with Gasteiger partial charge in [0.1, 0.15) is 31.0 Å². The molecular formula is C17H26O7. The van der Waals surface area contributed by atoms with Gasteiger partial charge in [0, 0.05) is 0 Å². The number of hydrogen-bond acceptors (Lipinski definition) is 7. The lowest BCUT2D eigenvalue weighted by atomic mass is 10.0. The third-order valence-electron chi connectivity index (χ3n) is 3.72. The fourth-order valence-corrected chi connectivity index (χ4v) is 2.09. The highest BCUT2D eigenvalue weighted by Crippen LogP contribution is 2.10. The van der Waals surface area contributed by atoms with Gasteiger partial charge in [-0.25, -0.2) is 4.79 Å². The molecule has 0 amide bonds. The molecule has 5 N–H and O–H groups in total. The first kappa shape index (κ1) is 20.5. The molecule has 0 unspecified atom stereocenters. The van der Waals surface area contributed by atoms with E-state index in [1.807, 2.05) is 12.1 Å². The smallest absolute Gasteiger partial charge is 0.338 e. The highest BCUT2D eigenvalue weighted by Gasteiger charge is 2.30. The Bertz CT molecular complexity index is 488. The second-order valence-corrected chi connectivity index (χ2v) is 5.70. The van der Waals surface area contributed by atoms with Crippen LogP contribution in [0.3, 0.4) is 0 Å². The summed E-state index contributed by atoms with van der Waals surface area (Å²) < 4.78 is 4.89.